The third-order valence-corrected chi connectivity index (χ3v) is 5.94. The second-order valence-electron chi connectivity index (χ2n) is 8.92. The zero-order valence-corrected chi connectivity index (χ0v) is 21.6. The lowest BCUT2D eigenvalue weighted by molar-refractivity contribution is 0.0519. The molecular weight excluding hydrogens is 474 g/mol. The number of rotatable bonds is 16. The van der Waals surface area contributed by atoms with Gasteiger partial charge >= 0.3 is 0 Å². The van der Waals surface area contributed by atoms with Crippen molar-refractivity contribution >= 4 is 23.8 Å². The van der Waals surface area contributed by atoms with Crippen LogP contribution >= 0.6 is 0 Å². The summed E-state index contributed by atoms with van der Waals surface area (Å²) in [6.07, 6.45) is 8.54. The van der Waals surface area contributed by atoms with Gasteiger partial charge in [0.15, 0.2) is 0 Å². The number of carbonyl (C=O) groups is 1. The van der Waals surface area contributed by atoms with E-state index in [4.69, 9.17) is 14.6 Å². The van der Waals surface area contributed by atoms with Crippen LogP contribution in [0.25, 0.3) is 0 Å². The Hall–Kier alpha value is -3.02. The molecule has 204 valence electrons. The van der Waals surface area contributed by atoms with Crippen LogP contribution in [0.2, 0.25) is 0 Å². The average molecular weight is 516 g/mol. The van der Waals surface area contributed by atoms with Crippen molar-refractivity contribution in [3.05, 3.63) is 35.9 Å². The number of hydrogen-bond donors (Lipinski definition) is 5. The van der Waals surface area contributed by atoms with Gasteiger partial charge in [-0.15, -0.1) is 0 Å². The number of aliphatic hydroxyl groups excluding tert-OH is 1. The number of amides is 1. The Morgan fingerprint density at radius 3 is 2.05 bits per heavy atom. The average Bonchev–Trinajstić information content (AvgIpc) is 2.90. The highest BCUT2D eigenvalue weighted by atomic mass is 16.5. The van der Waals surface area contributed by atoms with Gasteiger partial charge in [-0.2, -0.15) is 15.0 Å². The standard InChI is InChI=1S/C26H41N7O4/c34-16-13-28-24-31-25(33-26(32-24)30-22-11-7-2-1-3-8-12-22)29-15-18-37-20-19-36-17-14-27-23(35)21-9-5-4-6-10-21/h4-6,9-10,22,34H,1-3,7-8,11-20H2,(H,27,35)(H3,28,29,30,31,32,33). The highest BCUT2D eigenvalue weighted by molar-refractivity contribution is 5.94. The van der Waals surface area contributed by atoms with Crippen molar-refractivity contribution in [2.45, 2.75) is 51.0 Å². The van der Waals surface area contributed by atoms with Crippen LogP contribution in [-0.2, 0) is 9.47 Å². The number of hydrogen-bond acceptors (Lipinski definition) is 10. The molecule has 1 aromatic carbocycles. The number of benzene rings is 1. The fourth-order valence-electron chi connectivity index (χ4n) is 4.03. The first kappa shape index (κ1) is 28.5. The van der Waals surface area contributed by atoms with E-state index in [1.165, 1.54) is 32.1 Å². The van der Waals surface area contributed by atoms with Crippen molar-refractivity contribution in [3.8, 4) is 0 Å². The number of carbonyl (C=O) groups excluding carboxylic acids is 1. The molecule has 2 aromatic rings. The predicted octanol–water partition coefficient (Wildman–Crippen LogP) is 2.68. The first-order chi connectivity index (χ1) is 18.2. The highest BCUT2D eigenvalue weighted by Crippen LogP contribution is 2.20. The van der Waals surface area contributed by atoms with Crippen molar-refractivity contribution in [2.75, 3.05) is 68.6 Å². The molecule has 0 bridgehead atoms. The highest BCUT2D eigenvalue weighted by Gasteiger charge is 2.14. The van der Waals surface area contributed by atoms with Crippen LogP contribution in [0.15, 0.2) is 30.3 Å². The van der Waals surface area contributed by atoms with Crippen LogP contribution in [0, 0.1) is 0 Å². The minimum absolute atomic E-state index is 0.00482. The number of anilines is 3. The summed E-state index contributed by atoms with van der Waals surface area (Å²) in [6, 6.07) is 9.45. The summed E-state index contributed by atoms with van der Waals surface area (Å²) in [6.45, 7) is 3.11. The maximum Gasteiger partial charge on any atom is 0.251 e. The number of nitrogens with zero attached hydrogens (tertiary/aromatic N) is 3. The van der Waals surface area contributed by atoms with Gasteiger partial charge in [-0.3, -0.25) is 4.79 Å². The molecule has 1 aromatic heterocycles. The molecule has 1 aliphatic carbocycles. The molecule has 0 spiro atoms. The molecule has 1 amide bonds. The molecule has 0 aliphatic heterocycles. The lowest BCUT2D eigenvalue weighted by Gasteiger charge is -2.21. The van der Waals surface area contributed by atoms with E-state index in [1.54, 1.807) is 12.1 Å². The molecule has 1 heterocycles. The molecule has 0 unspecified atom stereocenters. The Morgan fingerprint density at radius 1 is 0.784 bits per heavy atom. The Kier molecular flexibility index (Phi) is 13.5. The number of aromatic nitrogens is 3. The lowest BCUT2D eigenvalue weighted by atomic mass is 9.97. The number of aliphatic hydroxyl groups is 1. The Bertz CT molecular complexity index is 896. The van der Waals surface area contributed by atoms with Gasteiger partial charge in [0.1, 0.15) is 0 Å². The van der Waals surface area contributed by atoms with Crippen LogP contribution < -0.4 is 21.3 Å². The van der Waals surface area contributed by atoms with Gasteiger partial charge in [-0.25, -0.2) is 0 Å². The predicted molar refractivity (Wildman–Crippen MR) is 144 cm³/mol. The van der Waals surface area contributed by atoms with Crippen LogP contribution in [0.5, 0.6) is 0 Å². The number of ether oxygens (including phenoxy) is 2. The quantitative estimate of drug-likeness (QED) is 0.212. The van der Waals surface area contributed by atoms with Crippen LogP contribution in [0.4, 0.5) is 17.8 Å². The van der Waals surface area contributed by atoms with Crippen molar-refractivity contribution in [3.63, 3.8) is 0 Å². The smallest absolute Gasteiger partial charge is 0.251 e. The van der Waals surface area contributed by atoms with E-state index in [-0.39, 0.29) is 12.5 Å². The SMILES string of the molecule is O=C(NCCOCCOCCNc1nc(NCCO)nc(NC2CCCCCCC2)n1)c1ccccc1. The number of nitrogens with one attached hydrogen (secondary N) is 4. The lowest BCUT2D eigenvalue weighted by Crippen LogP contribution is -2.27. The van der Waals surface area contributed by atoms with Gasteiger partial charge in [0, 0.05) is 31.2 Å². The van der Waals surface area contributed by atoms with Gasteiger partial charge in [0.05, 0.1) is 33.0 Å². The largest absolute Gasteiger partial charge is 0.395 e. The van der Waals surface area contributed by atoms with Crippen molar-refractivity contribution in [2.24, 2.45) is 0 Å². The van der Waals surface area contributed by atoms with Crippen LogP contribution in [-0.4, -0.2) is 84.7 Å². The van der Waals surface area contributed by atoms with Crippen molar-refractivity contribution < 1.29 is 19.4 Å². The maximum atomic E-state index is 12.0. The second-order valence-corrected chi connectivity index (χ2v) is 8.92. The first-order valence-corrected chi connectivity index (χ1v) is 13.3. The Morgan fingerprint density at radius 2 is 1.38 bits per heavy atom. The topological polar surface area (TPSA) is 143 Å². The van der Waals surface area contributed by atoms with E-state index in [0.29, 0.717) is 75.5 Å². The second kappa shape index (κ2) is 17.4. The van der Waals surface area contributed by atoms with Crippen LogP contribution in [0.1, 0.15) is 55.3 Å². The van der Waals surface area contributed by atoms with Crippen molar-refractivity contribution in [1.29, 1.82) is 0 Å². The molecular formula is C26H41N7O4. The summed E-state index contributed by atoms with van der Waals surface area (Å²) in [5.74, 6) is 1.31. The van der Waals surface area contributed by atoms with Gasteiger partial charge in [0.25, 0.3) is 5.91 Å². The summed E-state index contributed by atoms with van der Waals surface area (Å²) in [5.41, 5.74) is 0.635. The van der Waals surface area contributed by atoms with E-state index >= 15 is 0 Å². The third kappa shape index (κ3) is 11.7. The van der Waals surface area contributed by atoms with Gasteiger partial charge < -0.3 is 35.8 Å². The van der Waals surface area contributed by atoms with Crippen molar-refractivity contribution in [1.82, 2.24) is 20.3 Å². The fraction of sp³-hybridized carbons (Fsp3) is 0.615. The Labute approximate surface area is 219 Å². The summed E-state index contributed by atoms with van der Waals surface area (Å²) in [7, 11) is 0. The molecule has 5 N–H and O–H groups in total. The molecule has 37 heavy (non-hydrogen) atoms. The monoisotopic (exact) mass is 515 g/mol. The molecule has 0 radical (unpaired) electrons. The molecule has 1 aliphatic rings. The van der Waals surface area contributed by atoms with E-state index < -0.39 is 0 Å². The molecule has 1 fully saturated rings. The molecule has 0 atom stereocenters. The van der Waals surface area contributed by atoms with Gasteiger partial charge in [0.2, 0.25) is 17.8 Å². The molecule has 3 rings (SSSR count). The van der Waals surface area contributed by atoms with E-state index in [1.807, 2.05) is 18.2 Å². The van der Waals surface area contributed by atoms with Gasteiger partial charge in [-0.1, -0.05) is 50.3 Å². The summed E-state index contributed by atoms with van der Waals surface area (Å²) in [5, 5.41) is 21.6. The van der Waals surface area contributed by atoms with Gasteiger partial charge in [-0.05, 0) is 25.0 Å². The summed E-state index contributed by atoms with van der Waals surface area (Å²) in [4.78, 5) is 25.4. The molecule has 1 saturated carbocycles. The third-order valence-electron chi connectivity index (χ3n) is 5.94. The van der Waals surface area contributed by atoms with Crippen LogP contribution in [0.3, 0.4) is 0 Å². The summed E-state index contributed by atoms with van der Waals surface area (Å²) < 4.78 is 11.1. The minimum Gasteiger partial charge on any atom is -0.395 e. The fourth-order valence-corrected chi connectivity index (χ4v) is 4.03. The molecule has 0 saturated heterocycles. The summed E-state index contributed by atoms with van der Waals surface area (Å²) >= 11 is 0. The van der Waals surface area contributed by atoms with E-state index in [2.05, 4.69) is 36.2 Å². The zero-order valence-electron chi connectivity index (χ0n) is 21.6. The molecule has 11 heteroatoms. The minimum atomic E-state index is -0.109. The first-order valence-electron chi connectivity index (χ1n) is 13.3. The molecule has 11 nitrogen and oxygen atoms in total. The Balaban J connectivity index is 1.31. The normalized spacial score (nSPS) is 14.4. The van der Waals surface area contributed by atoms with E-state index in [0.717, 1.165) is 12.8 Å². The maximum absolute atomic E-state index is 12.0. The van der Waals surface area contributed by atoms with E-state index in [9.17, 15) is 4.79 Å². The zero-order chi connectivity index (χ0) is 26.0.